The normalized spacial score (nSPS) is 13.8. The quantitative estimate of drug-likeness (QED) is 0.165. The predicted octanol–water partition coefficient (Wildman–Crippen LogP) is 14.7. The van der Waals surface area contributed by atoms with Crippen LogP contribution in [0.25, 0.3) is 72.0 Å². The highest BCUT2D eigenvalue weighted by Crippen LogP contribution is 2.52. The van der Waals surface area contributed by atoms with E-state index in [0.29, 0.717) is 0 Å². The van der Waals surface area contributed by atoms with E-state index in [0.717, 1.165) is 24.2 Å². The van der Waals surface area contributed by atoms with Crippen LogP contribution in [0.5, 0.6) is 0 Å². The third-order valence-electron chi connectivity index (χ3n) is 13.7. The molecule has 0 radical (unpaired) electrons. The summed E-state index contributed by atoms with van der Waals surface area (Å²) >= 11 is 0. The first-order chi connectivity index (χ1) is 30.6. The molecule has 1 unspecified atom stereocenters. The minimum absolute atomic E-state index is 0.0107. The van der Waals surface area contributed by atoms with Crippen molar-refractivity contribution in [3.8, 4) is 55.6 Å². The molecule has 1 aliphatic heterocycles. The largest absolute Gasteiger partial charge is 0.355 e. The van der Waals surface area contributed by atoms with E-state index in [-0.39, 0.29) is 11.3 Å². The molecule has 2 aliphatic rings. The molecule has 0 amide bonds. The molecule has 9 aromatic carbocycles. The average molecular weight is 808 g/mol. The SMILES string of the molecule is C=C1c2ccc(-c3ccccc3)cc2-c2cc(-c3ccccc3)cc3c2C1c1cc(-c2c(C)cccc2C)cc(-c2ccc4ccccc4c2Nc2ccc(C(C)(C)C)cc2)c1B3. The summed E-state index contributed by atoms with van der Waals surface area (Å²) in [5, 5.41) is 6.42. The van der Waals surface area contributed by atoms with Crippen LogP contribution in [0.2, 0.25) is 0 Å². The summed E-state index contributed by atoms with van der Waals surface area (Å²) in [6.07, 6.45) is 0. The lowest BCUT2D eigenvalue weighted by Crippen LogP contribution is -2.42. The summed E-state index contributed by atoms with van der Waals surface area (Å²) in [4.78, 5) is 0. The number of nitrogens with one attached hydrogen (secondary N) is 1. The van der Waals surface area contributed by atoms with Crippen LogP contribution in [0.15, 0.2) is 189 Å². The molecular formula is C61H50BN. The van der Waals surface area contributed by atoms with Crippen LogP contribution in [0.4, 0.5) is 11.4 Å². The van der Waals surface area contributed by atoms with Crippen molar-refractivity contribution >= 4 is 45.9 Å². The fraction of sp³-hybridized carbons (Fsp3) is 0.115. The summed E-state index contributed by atoms with van der Waals surface area (Å²) < 4.78 is 0. The third-order valence-corrected chi connectivity index (χ3v) is 13.7. The molecule has 302 valence electrons. The minimum atomic E-state index is -0.0107. The monoisotopic (exact) mass is 807 g/mol. The van der Waals surface area contributed by atoms with E-state index in [1.54, 1.807) is 0 Å². The van der Waals surface area contributed by atoms with Crippen LogP contribution in [0.3, 0.4) is 0 Å². The number of hydrogen-bond acceptors (Lipinski definition) is 1. The Kier molecular flexibility index (Phi) is 9.25. The Hall–Kier alpha value is -7.16. The van der Waals surface area contributed by atoms with Gasteiger partial charge in [-0.25, -0.2) is 0 Å². The summed E-state index contributed by atoms with van der Waals surface area (Å²) in [5.74, 6) is -0.0107. The van der Waals surface area contributed by atoms with Gasteiger partial charge in [0.1, 0.15) is 0 Å². The Morgan fingerprint density at radius 3 is 1.86 bits per heavy atom. The molecule has 63 heavy (non-hydrogen) atoms. The van der Waals surface area contributed by atoms with Crippen molar-refractivity contribution < 1.29 is 0 Å². The van der Waals surface area contributed by atoms with E-state index in [4.69, 9.17) is 6.58 Å². The number of anilines is 2. The second-order valence-electron chi connectivity index (χ2n) is 18.7. The molecule has 0 fully saturated rings. The van der Waals surface area contributed by atoms with E-state index in [2.05, 4.69) is 222 Å². The molecule has 0 aromatic heterocycles. The average Bonchev–Trinajstić information content (AvgIpc) is 3.30. The molecule has 1 heterocycles. The van der Waals surface area contributed by atoms with Crippen molar-refractivity contribution in [3.63, 3.8) is 0 Å². The molecular weight excluding hydrogens is 757 g/mol. The Labute approximate surface area is 373 Å². The molecule has 2 heteroatoms. The highest BCUT2D eigenvalue weighted by atomic mass is 14.9. The molecule has 1 N–H and O–H groups in total. The maximum atomic E-state index is 5.03. The van der Waals surface area contributed by atoms with E-state index in [9.17, 15) is 0 Å². The third kappa shape index (κ3) is 6.64. The van der Waals surface area contributed by atoms with Crippen molar-refractivity contribution in [1.29, 1.82) is 0 Å². The molecule has 0 bridgehead atoms. The highest BCUT2D eigenvalue weighted by molar-refractivity contribution is 6.71. The number of rotatable bonds is 6. The Bertz CT molecular complexity index is 3260. The minimum Gasteiger partial charge on any atom is -0.355 e. The van der Waals surface area contributed by atoms with Crippen LogP contribution in [-0.4, -0.2) is 7.28 Å². The van der Waals surface area contributed by atoms with E-state index in [1.165, 1.54) is 111 Å². The molecule has 0 saturated heterocycles. The summed E-state index contributed by atoms with van der Waals surface area (Å²) in [7, 11) is 0.810. The molecule has 9 aromatic rings. The Morgan fingerprint density at radius 2 is 1.14 bits per heavy atom. The van der Waals surface area contributed by atoms with Gasteiger partial charge in [0.25, 0.3) is 0 Å². The van der Waals surface area contributed by atoms with E-state index >= 15 is 0 Å². The van der Waals surface area contributed by atoms with Crippen molar-refractivity contribution in [1.82, 2.24) is 0 Å². The fourth-order valence-electron chi connectivity index (χ4n) is 10.6. The van der Waals surface area contributed by atoms with Crippen LogP contribution >= 0.6 is 0 Å². The van der Waals surface area contributed by atoms with Gasteiger partial charge >= 0.3 is 0 Å². The van der Waals surface area contributed by atoms with Gasteiger partial charge in [0.05, 0.1) is 5.69 Å². The zero-order valence-corrected chi connectivity index (χ0v) is 36.8. The van der Waals surface area contributed by atoms with Gasteiger partial charge in [-0.1, -0.05) is 190 Å². The van der Waals surface area contributed by atoms with Gasteiger partial charge in [-0.3, -0.25) is 0 Å². The van der Waals surface area contributed by atoms with Crippen molar-refractivity contribution in [3.05, 3.63) is 222 Å². The molecule has 0 spiro atoms. The summed E-state index contributed by atoms with van der Waals surface area (Å²) in [6, 6.07) is 67.8. The summed E-state index contributed by atoms with van der Waals surface area (Å²) in [5.41, 5.74) is 26.5. The Morgan fingerprint density at radius 1 is 0.508 bits per heavy atom. The molecule has 11 rings (SSSR count). The first-order valence-electron chi connectivity index (χ1n) is 22.3. The summed E-state index contributed by atoms with van der Waals surface area (Å²) in [6.45, 7) is 16.4. The Balaban J connectivity index is 1.19. The second-order valence-corrected chi connectivity index (χ2v) is 18.7. The number of hydrogen-bond donors (Lipinski definition) is 1. The van der Waals surface area contributed by atoms with Gasteiger partial charge in [0.15, 0.2) is 7.28 Å². The second kappa shape index (κ2) is 15.0. The lowest BCUT2D eigenvalue weighted by molar-refractivity contribution is 0.590. The van der Waals surface area contributed by atoms with Crippen LogP contribution < -0.4 is 16.2 Å². The van der Waals surface area contributed by atoms with Gasteiger partial charge in [0, 0.05) is 22.6 Å². The van der Waals surface area contributed by atoms with Crippen LogP contribution in [-0.2, 0) is 5.41 Å². The highest BCUT2D eigenvalue weighted by Gasteiger charge is 2.38. The lowest BCUT2D eigenvalue weighted by Gasteiger charge is -2.38. The first kappa shape index (κ1) is 38.7. The van der Waals surface area contributed by atoms with E-state index < -0.39 is 0 Å². The predicted molar refractivity (Wildman–Crippen MR) is 273 cm³/mol. The van der Waals surface area contributed by atoms with Crippen molar-refractivity contribution in [2.45, 2.75) is 46.0 Å². The number of allylic oxidation sites excluding steroid dienone is 1. The number of aryl methyl sites for hydroxylation is 2. The van der Waals surface area contributed by atoms with Gasteiger partial charge in [-0.15, -0.1) is 0 Å². The molecule has 0 saturated carbocycles. The standard InChI is InChI=1S/C61H50BN/c1-37-16-15-17-38(2)56(37)45-34-53(50-31-24-42-22-13-14-23-49(42)60(50)63-47-28-26-46(27-29-47)61(4,5)6)59-54(35-45)57-39(3)48-30-25-43(40-18-9-7-10-19-40)32-51(48)52-33-44(36-55(62-59)58(52)57)41-20-11-8-12-21-41/h7-36,57,62-63H,3H2,1-2,4-6H3. The van der Waals surface area contributed by atoms with Crippen molar-refractivity contribution in [2.24, 2.45) is 0 Å². The topological polar surface area (TPSA) is 12.0 Å². The maximum absolute atomic E-state index is 5.03. The van der Waals surface area contributed by atoms with Gasteiger partial charge in [-0.2, -0.15) is 0 Å². The van der Waals surface area contributed by atoms with Gasteiger partial charge in [0.2, 0.25) is 0 Å². The van der Waals surface area contributed by atoms with Gasteiger partial charge < -0.3 is 5.32 Å². The van der Waals surface area contributed by atoms with Crippen molar-refractivity contribution in [2.75, 3.05) is 5.32 Å². The smallest absolute Gasteiger partial charge is 0.193 e. The van der Waals surface area contributed by atoms with E-state index in [1.807, 2.05) is 0 Å². The lowest BCUT2D eigenvalue weighted by atomic mass is 9.49. The van der Waals surface area contributed by atoms with Crippen LogP contribution in [0.1, 0.15) is 60.1 Å². The zero-order chi connectivity index (χ0) is 43.0. The molecule has 1 atom stereocenters. The number of fused-ring (bicyclic) bond motifs is 5. The maximum Gasteiger partial charge on any atom is 0.193 e. The van der Waals surface area contributed by atoms with Crippen LogP contribution in [0, 0.1) is 13.8 Å². The number of benzene rings is 9. The zero-order valence-electron chi connectivity index (χ0n) is 36.8. The van der Waals surface area contributed by atoms with Gasteiger partial charge in [-0.05, 0) is 144 Å². The fourth-order valence-corrected chi connectivity index (χ4v) is 10.6. The first-order valence-corrected chi connectivity index (χ1v) is 22.3. The molecule has 1 aliphatic carbocycles. The molecule has 1 nitrogen and oxygen atoms in total.